The summed E-state index contributed by atoms with van der Waals surface area (Å²) in [4.78, 5) is 56.9. The highest BCUT2D eigenvalue weighted by Crippen LogP contribution is 2.34. The number of nitro groups is 1. The van der Waals surface area contributed by atoms with Crippen LogP contribution < -0.4 is 10.9 Å². The van der Waals surface area contributed by atoms with E-state index in [-0.39, 0.29) is 48.7 Å². The van der Waals surface area contributed by atoms with Gasteiger partial charge in [0.25, 0.3) is 11.2 Å². The zero-order valence-electron chi connectivity index (χ0n) is 28.8. The van der Waals surface area contributed by atoms with Crippen molar-refractivity contribution in [2.75, 3.05) is 13.1 Å². The Morgan fingerprint density at radius 3 is 2.41 bits per heavy atom. The maximum absolute atomic E-state index is 14.0. The second kappa shape index (κ2) is 16.9. The van der Waals surface area contributed by atoms with Gasteiger partial charge >= 0.3 is 5.97 Å². The number of rotatable bonds is 13. The number of carbonyl (C=O) groups is 2. The molecule has 1 amide bonds. The summed E-state index contributed by atoms with van der Waals surface area (Å²) in [5, 5.41) is 15.4. The van der Waals surface area contributed by atoms with Gasteiger partial charge in [-0.2, -0.15) is 0 Å². The molecule has 1 atom stereocenters. The first kappa shape index (κ1) is 36.0. The van der Waals surface area contributed by atoms with Gasteiger partial charge in [-0.3, -0.25) is 29.1 Å². The van der Waals surface area contributed by atoms with E-state index in [1.165, 1.54) is 31.4 Å². The van der Waals surface area contributed by atoms with Crippen molar-refractivity contribution in [3.05, 3.63) is 127 Å². The number of carbonyl (C=O) groups excluding carboxylic acids is 2. The molecule has 51 heavy (non-hydrogen) atoms. The Kier molecular flexibility index (Phi) is 12.0. The number of benzene rings is 3. The van der Waals surface area contributed by atoms with Gasteiger partial charge in [0.1, 0.15) is 6.61 Å². The second-order valence-electron chi connectivity index (χ2n) is 13.2. The zero-order valence-corrected chi connectivity index (χ0v) is 29.6. The summed E-state index contributed by atoms with van der Waals surface area (Å²) < 4.78 is 7.08. The van der Waals surface area contributed by atoms with Crippen LogP contribution in [0, 0.1) is 10.1 Å². The summed E-state index contributed by atoms with van der Waals surface area (Å²) in [6, 6.07) is 23.2. The molecule has 12 heteroatoms. The number of amides is 1. The molecule has 1 aromatic heterocycles. The molecule has 1 saturated carbocycles. The van der Waals surface area contributed by atoms with E-state index in [0.717, 1.165) is 40.5 Å². The molecule has 1 unspecified atom stereocenters. The number of hydrogen-bond donors (Lipinski definition) is 1. The van der Waals surface area contributed by atoms with E-state index < -0.39 is 4.92 Å². The van der Waals surface area contributed by atoms with E-state index in [2.05, 4.69) is 5.32 Å². The molecule has 1 fully saturated rings. The Morgan fingerprint density at radius 1 is 1.00 bits per heavy atom. The van der Waals surface area contributed by atoms with Crippen molar-refractivity contribution in [1.29, 1.82) is 0 Å². The van der Waals surface area contributed by atoms with Crippen molar-refractivity contribution in [3.8, 4) is 5.69 Å². The van der Waals surface area contributed by atoms with Crippen LogP contribution in [-0.4, -0.2) is 49.6 Å². The standard InChI is InChI=1S/C39H43N5O6S/c1-27(30-16-12-28(13-17-30)24-37(46)50-26-29-14-18-32(19-15-29)44(48)49)40-22-20-36(45)42-23-21-35-34(25-42)38(47)43(31-8-4-2-5-9-31)39(41-35)51-33-10-6-3-7-11-33/h2,4-5,8-9,12-19,27,33,40H,3,6-7,10-11,20-26H2,1H3. The normalized spacial score (nSPS) is 15.2. The third-order valence-electron chi connectivity index (χ3n) is 9.55. The lowest BCUT2D eigenvalue weighted by atomic mass is 10.0. The Bertz CT molecular complexity index is 1890. The SMILES string of the molecule is CC(NCCC(=O)N1CCc2nc(SC3CCCCC3)n(-c3ccccc3)c(=O)c2C1)c1ccc(CC(=O)OCc2ccc([N+](=O)[O-])cc2)cc1. The summed E-state index contributed by atoms with van der Waals surface area (Å²) in [7, 11) is 0. The molecular formula is C39H43N5O6S. The van der Waals surface area contributed by atoms with Crippen LogP contribution in [0.2, 0.25) is 0 Å². The first-order valence-electron chi connectivity index (χ1n) is 17.6. The Balaban J connectivity index is 0.999. The summed E-state index contributed by atoms with van der Waals surface area (Å²) >= 11 is 1.72. The largest absolute Gasteiger partial charge is 0.461 e. The van der Waals surface area contributed by atoms with Crippen LogP contribution in [0.4, 0.5) is 5.69 Å². The maximum atomic E-state index is 14.0. The van der Waals surface area contributed by atoms with Crippen molar-refractivity contribution in [3.63, 3.8) is 0 Å². The van der Waals surface area contributed by atoms with Gasteiger partial charge in [0.15, 0.2) is 5.16 Å². The topological polar surface area (TPSA) is 137 Å². The Hall–Kier alpha value is -4.81. The van der Waals surface area contributed by atoms with Crippen LogP contribution >= 0.6 is 11.8 Å². The predicted octanol–water partition coefficient (Wildman–Crippen LogP) is 6.48. The fourth-order valence-electron chi connectivity index (χ4n) is 6.57. The predicted molar refractivity (Wildman–Crippen MR) is 196 cm³/mol. The lowest BCUT2D eigenvalue weighted by molar-refractivity contribution is -0.384. The number of para-hydroxylation sites is 1. The van der Waals surface area contributed by atoms with Crippen LogP contribution in [-0.2, 0) is 40.3 Å². The fourth-order valence-corrected chi connectivity index (χ4v) is 7.90. The summed E-state index contributed by atoms with van der Waals surface area (Å²) in [5.74, 6) is -0.395. The first-order chi connectivity index (χ1) is 24.7. The van der Waals surface area contributed by atoms with Gasteiger partial charge < -0.3 is 15.0 Å². The van der Waals surface area contributed by atoms with Crippen LogP contribution in [0.15, 0.2) is 88.8 Å². The van der Waals surface area contributed by atoms with Crippen molar-refractivity contribution in [1.82, 2.24) is 19.8 Å². The van der Waals surface area contributed by atoms with E-state index in [9.17, 15) is 24.5 Å². The molecule has 4 aromatic rings. The smallest absolute Gasteiger partial charge is 0.310 e. The van der Waals surface area contributed by atoms with E-state index in [4.69, 9.17) is 9.72 Å². The van der Waals surface area contributed by atoms with Gasteiger partial charge in [-0.25, -0.2) is 4.98 Å². The highest BCUT2D eigenvalue weighted by molar-refractivity contribution is 7.99. The number of nitro benzene ring substituents is 1. The number of hydrogen-bond acceptors (Lipinski definition) is 9. The van der Waals surface area contributed by atoms with Crippen molar-refractivity contribution in [2.45, 2.75) is 87.9 Å². The van der Waals surface area contributed by atoms with Crippen LogP contribution in [0.3, 0.4) is 0 Å². The van der Waals surface area contributed by atoms with Crippen molar-refractivity contribution in [2.24, 2.45) is 0 Å². The minimum atomic E-state index is -0.473. The quantitative estimate of drug-likeness (QED) is 0.0716. The molecule has 0 spiro atoms. The number of fused-ring (bicyclic) bond motifs is 1. The molecule has 2 aliphatic rings. The minimum absolute atomic E-state index is 0.00532. The molecular weight excluding hydrogens is 667 g/mol. The number of esters is 1. The van der Waals surface area contributed by atoms with E-state index in [1.807, 2.05) is 61.5 Å². The fraction of sp³-hybridized carbons (Fsp3) is 0.385. The van der Waals surface area contributed by atoms with Gasteiger partial charge in [0.2, 0.25) is 5.91 Å². The number of ether oxygens (including phenoxy) is 1. The molecule has 6 rings (SSSR count). The summed E-state index contributed by atoms with van der Waals surface area (Å²) in [5.41, 5.74) is 4.60. The molecule has 1 N–H and O–H groups in total. The third-order valence-corrected chi connectivity index (χ3v) is 10.8. The number of nitrogens with one attached hydrogen (secondary N) is 1. The first-order valence-corrected chi connectivity index (χ1v) is 18.5. The number of nitrogens with zero attached hydrogens (tertiary/aromatic N) is 4. The van der Waals surface area contributed by atoms with Gasteiger partial charge in [0.05, 0.1) is 34.8 Å². The van der Waals surface area contributed by atoms with E-state index >= 15 is 0 Å². The van der Waals surface area contributed by atoms with Crippen LogP contribution in [0.1, 0.15) is 79.4 Å². The number of non-ortho nitro benzene ring substituents is 1. The number of aromatic nitrogens is 2. The molecule has 0 saturated heterocycles. The van der Waals surface area contributed by atoms with Crippen molar-refractivity contribution >= 4 is 29.3 Å². The average molecular weight is 710 g/mol. The molecule has 0 radical (unpaired) electrons. The highest BCUT2D eigenvalue weighted by Gasteiger charge is 2.28. The molecule has 1 aliphatic carbocycles. The van der Waals surface area contributed by atoms with Crippen molar-refractivity contribution < 1.29 is 19.2 Å². The van der Waals surface area contributed by atoms with Gasteiger partial charge in [0, 0.05) is 49.4 Å². The van der Waals surface area contributed by atoms with Gasteiger partial charge in [-0.15, -0.1) is 0 Å². The average Bonchev–Trinajstić information content (AvgIpc) is 3.15. The second-order valence-corrected chi connectivity index (χ2v) is 14.4. The van der Waals surface area contributed by atoms with Crippen LogP contribution in [0.5, 0.6) is 0 Å². The molecule has 11 nitrogen and oxygen atoms in total. The Labute approximate surface area is 301 Å². The van der Waals surface area contributed by atoms with Gasteiger partial charge in [-0.1, -0.05) is 73.5 Å². The summed E-state index contributed by atoms with van der Waals surface area (Å²) in [6.07, 6.45) is 6.93. The van der Waals surface area contributed by atoms with Crippen LogP contribution in [0.25, 0.3) is 5.69 Å². The molecule has 3 aromatic carbocycles. The minimum Gasteiger partial charge on any atom is -0.461 e. The highest BCUT2D eigenvalue weighted by atomic mass is 32.2. The number of thioether (sulfide) groups is 1. The lowest BCUT2D eigenvalue weighted by Gasteiger charge is -2.30. The van der Waals surface area contributed by atoms with E-state index in [0.29, 0.717) is 42.3 Å². The molecule has 2 heterocycles. The Morgan fingerprint density at radius 2 is 1.71 bits per heavy atom. The maximum Gasteiger partial charge on any atom is 0.310 e. The molecule has 1 aliphatic heterocycles. The lowest BCUT2D eigenvalue weighted by Crippen LogP contribution is -2.42. The summed E-state index contributed by atoms with van der Waals surface area (Å²) in [6.45, 7) is 3.34. The van der Waals surface area contributed by atoms with E-state index in [1.54, 1.807) is 33.4 Å². The molecule has 266 valence electrons. The molecule has 0 bridgehead atoms. The monoisotopic (exact) mass is 709 g/mol. The zero-order chi connectivity index (χ0) is 35.7. The van der Waals surface area contributed by atoms with Gasteiger partial charge in [-0.05, 0) is 60.7 Å². The third kappa shape index (κ3) is 9.30.